The van der Waals surface area contributed by atoms with Crippen molar-refractivity contribution < 1.29 is 4.79 Å². The Morgan fingerprint density at radius 3 is 2.56 bits per heavy atom. The molecule has 0 aliphatic carbocycles. The minimum atomic E-state index is -0.457. The van der Waals surface area contributed by atoms with Gasteiger partial charge in [-0.3, -0.25) is 15.0 Å². The van der Waals surface area contributed by atoms with Crippen LogP contribution in [0, 0.1) is 13.8 Å². The zero-order valence-electron chi connectivity index (χ0n) is 17.3. The van der Waals surface area contributed by atoms with Gasteiger partial charge in [-0.15, -0.1) is 11.3 Å². The molecule has 1 amide bonds. The molecule has 0 bridgehead atoms. The highest BCUT2D eigenvalue weighted by molar-refractivity contribution is 7.19. The molecule has 4 heterocycles. The number of amides is 1. The van der Waals surface area contributed by atoms with E-state index in [9.17, 15) is 9.59 Å². The van der Waals surface area contributed by atoms with Gasteiger partial charge in [0.2, 0.25) is 0 Å². The third-order valence-corrected chi connectivity index (χ3v) is 6.21. The summed E-state index contributed by atoms with van der Waals surface area (Å²) in [4.78, 5) is 36.6. The van der Waals surface area contributed by atoms with Gasteiger partial charge in [0.1, 0.15) is 11.2 Å². The summed E-state index contributed by atoms with van der Waals surface area (Å²) < 4.78 is 2.70. The Hall–Kier alpha value is -4.11. The Balaban J connectivity index is 1.53. The van der Waals surface area contributed by atoms with Crippen LogP contribution in [0.25, 0.3) is 27.2 Å². The van der Waals surface area contributed by atoms with Crippen LogP contribution < -0.4 is 11.0 Å². The van der Waals surface area contributed by atoms with Crippen LogP contribution in [0.15, 0.2) is 72.0 Å². The first-order valence-electron chi connectivity index (χ1n) is 9.88. The molecule has 5 aromatic rings. The molecule has 8 nitrogen and oxygen atoms in total. The lowest BCUT2D eigenvalue weighted by molar-refractivity contribution is 0.101. The van der Waals surface area contributed by atoms with Gasteiger partial charge >= 0.3 is 0 Å². The number of thiophene rings is 1. The second-order valence-corrected chi connectivity index (χ2v) is 8.39. The normalized spacial score (nSPS) is 11.1. The van der Waals surface area contributed by atoms with Crippen molar-refractivity contribution in [2.75, 3.05) is 5.43 Å². The lowest BCUT2D eigenvalue weighted by atomic mass is 10.0. The number of benzene rings is 1. The highest BCUT2D eigenvalue weighted by Gasteiger charge is 2.20. The van der Waals surface area contributed by atoms with E-state index in [1.807, 2.05) is 43.3 Å². The molecule has 1 N–H and O–H groups in total. The van der Waals surface area contributed by atoms with E-state index in [0.29, 0.717) is 27.3 Å². The molecule has 0 saturated carbocycles. The maximum absolute atomic E-state index is 13.3. The summed E-state index contributed by atoms with van der Waals surface area (Å²) in [5, 5.41) is 4.76. The molecule has 1 aromatic carbocycles. The number of nitrogens with zero attached hydrogens (tertiary/aromatic N) is 5. The highest BCUT2D eigenvalue weighted by atomic mass is 32.1. The SMILES string of the molecule is Cc1sc2ncn(NC(=O)c3cnn(-c4ccccn4)c3C)c(=O)c2c1-c1ccccc1. The van der Waals surface area contributed by atoms with Crippen LogP contribution >= 0.6 is 11.3 Å². The number of aromatic nitrogens is 5. The number of fused-ring (bicyclic) bond motifs is 1. The summed E-state index contributed by atoms with van der Waals surface area (Å²) in [6.45, 7) is 3.74. The Labute approximate surface area is 186 Å². The maximum Gasteiger partial charge on any atom is 0.281 e. The van der Waals surface area contributed by atoms with Crippen molar-refractivity contribution in [2.45, 2.75) is 13.8 Å². The fraction of sp³-hybridized carbons (Fsp3) is 0.0870. The van der Waals surface area contributed by atoms with Crippen LogP contribution in [0.3, 0.4) is 0 Å². The first-order valence-corrected chi connectivity index (χ1v) is 10.7. The second-order valence-electron chi connectivity index (χ2n) is 7.18. The zero-order valence-corrected chi connectivity index (χ0v) is 18.1. The monoisotopic (exact) mass is 442 g/mol. The van der Waals surface area contributed by atoms with E-state index in [-0.39, 0.29) is 5.56 Å². The maximum atomic E-state index is 13.3. The number of carbonyl (C=O) groups excluding carboxylic acids is 1. The minimum absolute atomic E-state index is 0.332. The van der Waals surface area contributed by atoms with Crippen LogP contribution in [0.4, 0.5) is 0 Å². The average molecular weight is 443 g/mol. The van der Waals surface area contributed by atoms with E-state index in [2.05, 4.69) is 20.5 Å². The number of pyridine rings is 1. The zero-order chi connectivity index (χ0) is 22.2. The van der Waals surface area contributed by atoms with Crippen molar-refractivity contribution in [3.05, 3.63) is 93.7 Å². The molecule has 32 heavy (non-hydrogen) atoms. The molecule has 4 aromatic heterocycles. The summed E-state index contributed by atoms with van der Waals surface area (Å²) in [6, 6.07) is 15.1. The van der Waals surface area contributed by atoms with E-state index in [4.69, 9.17) is 0 Å². The number of nitrogens with one attached hydrogen (secondary N) is 1. The molecule has 5 rings (SSSR count). The third kappa shape index (κ3) is 3.28. The van der Waals surface area contributed by atoms with E-state index in [1.54, 1.807) is 29.9 Å². The predicted molar refractivity (Wildman–Crippen MR) is 124 cm³/mol. The van der Waals surface area contributed by atoms with Crippen LogP contribution in [0.5, 0.6) is 0 Å². The lowest BCUT2D eigenvalue weighted by Crippen LogP contribution is -2.33. The Bertz CT molecular complexity index is 1500. The Morgan fingerprint density at radius 1 is 1.03 bits per heavy atom. The number of aryl methyl sites for hydroxylation is 1. The van der Waals surface area contributed by atoms with Crippen LogP contribution in [0.2, 0.25) is 0 Å². The number of rotatable bonds is 4. The van der Waals surface area contributed by atoms with Crippen molar-refractivity contribution in [1.29, 1.82) is 0 Å². The standard InChI is InChI=1S/C23H18N6O2S/c1-14-17(12-26-29(14)18-10-6-7-11-24-18)21(30)27-28-13-25-22-20(23(28)31)19(15(2)32-22)16-8-4-3-5-9-16/h3-13H,1-2H3,(H,27,30). The Kier molecular flexibility index (Phi) is 4.87. The second kappa shape index (κ2) is 7.86. The van der Waals surface area contributed by atoms with Crippen molar-refractivity contribution in [2.24, 2.45) is 0 Å². The summed E-state index contributed by atoms with van der Waals surface area (Å²) >= 11 is 1.46. The quantitative estimate of drug-likeness (QED) is 0.458. The summed E-state index contributed by atoms with van der Waals surface area (Å²) in [7, 11) is 0. The molecule has 0 unspecified atom stereocenters. The molecular weight excluding hydrogens is 424 g/mol. The van der Waals surface area contributed by atoms with Crippen LogP contribution in [-0.2, 0) is 0 Å². The first-order chi connectivity index (χ1) is 15.5. The summed E-state index contributed by atoms with van der Waals surface area (Å²) in [5.74, 6) is 0.145. The fourth-order valence-electron chi connectivity index (χ4n) is 3.65. The van der Waals surface area contributed by atoms with E-state index in [1.165, 1.54) is 23.9 Å². The summed E-state index contributed by atoms with van der Waals surface area (Å²) in [5.41, 5.74) is 5.04. The number of hydrogen-bond donors (Lipinski definition) is 1. The van der Waals surface area contributed by atoms with Crippen molar-refractivity contribution >= 4 is 27.5 Å². The number of hydrogen-bond acceptors (Lipinski definition) is 6. The van der Waals surface area contributed by atoms with E-state index >= 15 is 0 Å². The molecule has 158 valence electrons. The lowest BCUT2D eigenvalue weighted by Gasteiger charge is -2.09. The van der Waals surface area contributed by atoms with Crippen molar-refractivity contribution in [3.8, 4) is 16.9 Å². The predicted octanol–water partition coefficient (Wildman–Crippen LogP) is 3.71. The van der Waals surface area contributed by atoms with Gasteiger partial charge < -0.3 is 0 Å². The molecule has 0 atom stereocenters. The van der Waals surface area contributed by atoms with E-state index < -0.39 is 5.91 Å². The topological polar surface area (TPSA) is 94.7 Å². The molecule has 0 saturated heterocycles. The molecular formula is C23H18N6O2S. The summed E-state index contributed by atoms with van der Waals surface area (Å²) in [6.07, 6.45) is 4.45. The van der Waals surface area contributed by atoms with Crippen molar-refractivity contribution in [1.82, 2.24) is 24.4 Å². The van der Waals surface area contributed by atoms with Gasteiger partial charge in [-0.2, -0.15) is 5.10 Å². The molecule has 0 fully saturated rings. The molecule has 9 heteroatoms. The first kappa shape index (κ1) is 19.8. The van der Waals surface area contributed by atoms with Gasteiger partial charge in [0, 0.05) is 16.6 Å². The highest BCUT2D eigenvalue weighted by Crippen LogP contribution is 2.35. The fourth-order valence-corrected chi connectivity index (χ4v) is 4.65. The van der Waals surface area contributed by atoms with Gasteiger partial charge in [-0.1, -0.05) is 36.4 Å². The number of carbonyl (C=O) groups is 1. The minimum Gasteiger partial charge on any atom is -0.267 e. The Morgan fingerprint density at radius 2 is 1.81 bits per heavy atom. The van der Waals surface area contributed by atoms with Gasteiger partial charge in [-0.05, 0) is 31.5 Å². The van der Waals surface area contributed by atoms with E-state index in [0.717, 1.165) is 20.7 Å². The molecule has 0 aliphatic heterocycles. The van der Waals surface area contributed by atoms with Crippen molar-refractivity contribution in [3.63, 3.8) is 0 Å². The molecule has 0 spiro atoms. The van der Waals surface area contributed by atoms with Gasteiger partial charge in [0.05, 0.1) is 22.8 Å². The van der Waals surface area contributed by atoms with Gasteiger partial charge in [0.15, 0.2) is 5.82 Å². The largest absolute Gasteiger partial charge is 0.281 e. The third-order valence-electron chi connectivity index (χ3n) is 5.19. The smallest absolute Gasteiger partial charge is 0.267 e. The van der Waals surface area contributed by atoms with Crippen LogP contribution in [0.1, 0.15) is 20.9 Å². The van der Waals surface area contributed by atoms with Crippen LogP contribution in [-0.4, -0.2) is 30.3 Å². The van der Waals surface area contributed by atoms with Gasteiger partial charge in [0.25, 0.3) is 11.5 Å². The molecule has 0 radical (unpaired) electrons. The molecule has 0 aliphatic rings. The average Bonchev–Trinajstić information content (AvgIpc) is 3.36. The van der Waals surface area contributed by atoms with Gasteiger partial charge in [-0.25, -0.2) is 19.3 Å².